The molecule has 1 fully saturated rings. The predicted molar refractivity (Wildman–Crippen MR) is 74.2 cm³/mol. The molecule has 0 spiro atoms. The number of hydrogen-bond donors (Lipinski definition) is 1. The number of halogens is 1. The molecule has 1 aromatic heterocycles. The molecule has 0 saturated carbocycles. The van der Waals surface area contributed by atoms with E-state index < -0.39 is 0 Å². The fourth-order valence-corrected chi connectivity index (χ4v) is 2.49. The molecule has 1 N–H and O–H groups in total. The monoisotopic (exact) mass is 275 g/mol. The summed E-state index contributed by atoms with van der Waals surface area (Å²) in [6, 6.07) is 5.02. The van der Waals surface area contributed by atoms with Crippen LogP contribution in [-0.4, -0.2) is 46.1 Å². The van der Waals surface area contributed by atoms with Gasteiger partial charge in [-0.25, -0.2) is 9.07 Å². The van der Waals surface area contributed by atoms with Gasteiger partial charge >= 0.3 is 0 Å². The van der Waals surface area contributed by atoms with Crippen molar-refractivity contribution < 1.29 is 4.39 Å². The van der Waals surface area contributed by atoms with E-state index in [-0.39, 0.29) is 5.82 Å². The van der Waals surface area contributed by atoms with Gasteiger partial charge in [0.1, 0.15) is 11.5 Å². The molecule has 1 aliphatic rings. The first-order valence-electron chi connectivity index (χ1n) is 6.84. The molecule has 6 heteroatoms. The summed E-state index contributed by atoms with van der Waals surface area (Å²) in [5, 5.41) is 11.5. The van der Waals surface area contributed by atoms with E-state index in [1.165, 1.54) is 10.7 Å². The standard InChI is InChI=1S/C14H18FN5/c1-11-3-2-4-13(15)14(11)20-10-12(17-18-20)9-19-7-5-16-6-8-19/h2-4,10,16H,5-9H2,1H3. The van der Waals surface area contributed by atoms with Crippen LogP contribution >= 0.6 is 0 Å². The van der Waals surface area contributed by atoms with Crippen molar-refractivity contribution in [2.24, 2.45) is 0 Å². The lowest BCUT2D eigenvalue weighted by molar-refractivity contribution is 0.230. The minimum atomic E-state index is -0.274. The Bertz CT molecular complexity index is 569. The quantitative estimate of drug-likeness (QED) is 0.912. The Balaban J connectivity index is 1.79. The van der Waals surface area contributed by atoms with E-state index in [1.54, 1.807) is 6.07 Å². The average Bonchev–Trinajstić information content (AvgIpc) is 2.88. The molecule has 2 heterocycles. The van der Waals surface area contributed by atoms with Crippen LogP contribution in [0.4, 0.5) is 4.39 Å². The maximum Gasteiger partial charge on any atom is 0.149 e. The van der Waals surface area contributed by atoms with Crippen molar-refractivity contribution in [3.05, 3.63) is 41.5 Å². The molecule has 106 valence electrons. The lowest BCUT2D eigenvalue weighted by Gasteiger charge is -2.25. The molecule has 0 amide bonds. The van der Waals surface area contributed by atoms with Crippen molar-refractivity contribution in [2.75, 3.05) is 26.2 Å². The second-order valence-electron chi connectivity index (χ2n) is 5.09. The third-order valence-electron chi connectivity index (χ3n) is 3.55. The van der Waals surface area contributed by atoms with Crippen molar-refractivity contribution in [3.63, 3.8) is 0 Å². The van der Waals surface area contributed by atoms with Crippen LogP contribution in [-0.2, 0) is 6.54 Å². The molecular formula is C14H18FN5. The molecule has 20 heavy (non-hydrogen) atoms. The maximum absolute atomic E-state index is 13.9. The molecule has 3 rings (SSSR count). The van der Waals surface area contributed by atoms with Crippen molar-refractivity contribution >= 4 is 0 Å². The number of piperazine rings is 1. The number of para-hydroxylation sites is 1. The van der Waals surface area contributed by atoms with Crippen LogP contribution in [0, 0.1) is 12.7 Å². The van der Waals surface area contributed by atoms with Gasteiger partial charge in [-0.1, -0.05) is 17.3 Å². The molecule has 0 atom stereocenters. The zero-order valence-electron chi connectivity index (χ0n) is 11.5. The number of benzene rings is 1. The third kappa shape index (κ3) is 2.71. The number of hydrogen-bond acceptors (Lipinski definition) is 4. The molecule has 5 nitrogen and oxygen atoms in total. The highest BCUT2D eigenvalue weighted by atomic mass is 19.1. The largest absolute Gasteiger partial charge is 0.314 e. The molecule has 0 aliphatic carbocycles. The van der Waals surface area contributed by atoms with Crippen molar-refractivity contribution in [1.82, 2.24) is 25.2 Å². The Hall–Kier alpha value is -1.79. The first-order chi connectivity index (χ1) is 9.74. The third-order valence-corrected chi connectivity index (χ3v) is 3.55. The van der Waals surface area contributed by atoms with Gasteiger partial charge < -0.3 is 5.32 Å². The Morgan fingerprint density at radius 2 is 2.10 bits per heavy atom. The van der Waals surface area contributed by atoms with E-state index in [4.69, 9.17) is 0 Å². The number of nitrogens with zero attached hydrogens (tertiary/aromatic N) is 4. The van der Waals surface area contributed by atoms with E-state index in [0.29, 0.717) is 5.69 Å². The van der Waals surface area contributed by atoms with Gasteiger partial charge in [0.2, 0.25) is 0 Å². The molecule has 0 unspecified atom stereocenters. The van der Waals surface area contributed by atoms with Gasteiger partial charge in [-0.2, -0.15) is 0 Å². The van der Waals surface area contributed by atoms with Crippen LogP contribution in [0.15, 0.2) is 24.4 Å². The van der Waals surface area contributed by atoms with Crippen LogP contribution in [0.1, 0.15) is 11.3 Å². The topological polar surface area (TPSA) is 46.0 Å². The summed E-state index contributed by atoms with van der Waals surface area (Å²) in [6.07, 6.45) is 1.81. The number of rotatable bonds is 3. The van der Waals surface area contributed by atoms with Gasteiger partial charge in [0.15, 0.2) is 0 Å². The summed E-state index contributed by atoms with van der Waals surface area (Å²) in [6.45, 7) is 6.64. The van der Waals surface area contributed by atoms with E-state index in [2.05, 4.69) is 20.5 Å². The summed E-state index contributed by atoms with van der Waals surface area (Å²) in [5.41, 5.74) is 2.20. The maximum atomic E-state index is 13.9. The number of aryl methyl sites for hydroxylation is 1. The van der Waals surface area contributed by atoms with E-state index in [1.807, 2.05) is 19.2 Å². The Morgan fingerprint density at radius 1 is 1.30 bits per heavy atom. The minimum absolute atomic E-state index is 0.274. The van der Waals surface area contributed by atoms with Crippen LogP contribution in [0.25, 0.3) is 5.69 Å². The van der Waals surface area contributed by atoms with E-state index in [0.717, 1.165) is 44.0 Å². The fraction of sp³-hybridized carbons (Fsp3) is 0.429. The molecule has 0 bridgehead atoms. The van der Waals surface area contributed by atoms with Crippen molar-refractivity contribution in [1.29, 1.82) is 0 Å². The molecular weight excluding hydrogens is 257 g/mol. The number of nitrogens with one attached hydrogen (secondary N) is 1. The zero-order chi connectivity index (χ0) is 13.9. The summed E-state index contributed by atoms with van der Waals surface area (Å²) in [5.74, 6) is -0.274. The lowest BCUT2D eigenvalue weighted by Crippen LogP contribution is -2.42. The molecule has 1 aromatic carbocycles. The highest BCUT2D eigenvalue weighted by Gasteiger charge is 2.14. The Kier molecular flexibility index (Phi) is 3.75. The molecule has 0 radical (unpaired) electrons. The van der Waals surface area contributed by atoms with Crippen molar-refractivity contribution in [3.8, 4) is 5.69 Å². The van der Waals surface area contributed by atoms with Gasteiger partial charge in [-0.3, -0.25) is 4.90 Å². The summed E-state index contributed by atoms with van der Waals surface area (Å²) >= 11 is 0. The summed E-state index contributed by atoms with van der Waals surface area (Å²) in [4.78, 5) is 2.32. The lowest BCUT2D eigenvalue weighted by atomic mass is 10.2. The summed E-state index contributed by atoms with van der Waals surface area (Å²) < 4.78 is 15.4. The highest BCUT2D eigenvalue weighted by Crippen LogP contribution is 2.17. The zero-order valence-corrected chi connectivity index (χ0v) is 11.5. The van der Waals surface area contributed by atoms with Gasteiger partial charge in [0.25, 0.3) is 0 Å². The van der Waals surface area contributed by atoms with Gasteiger partial charge in [-0.05, 0) is 18.6 Å². The Labute approximate surface area is 117 Å². The fourth-order valence-electron chi connectivity index (χ4n) is 2.49. The SMILES string of the molecule is Cc1cccc(F)c1-n1cc(CN2CCNCC2)nn1. The van der Waals surface area contributed by atoms with Crippen LogP contribution in [0.3, 0.4) is 0 Å². The van der Waals surface area contributed by atoms with Crippen LogP contribution < -0.4 is 5.32 Å². The first kappa shape index (κ1) is 13.2. The second kappa shape index (κ2) is 5.68. The number of aromatic nitrogens is 3. The van der Waals surface area contributed by atoms with Gasteiger partial charge in [0, 0.05) is 32.7 Å². The predicted octanol–water partition coefficient (Wildman–Crippen LogP) is 1.12. The van der Waals surface area contributed by atoms with Crippen molar-refractivity contribution in [2.45, 2.75) is 13.5 Å². The summed E-state index contributed by atoms with van der Waals surface area (Å²) in [7, 11) is 0. The average molecular weight is 275 g/mol. The molecule has 1 saturated heterocycles. The van der Waals surface area contributed by atoms with E-state index >= 15 is 0 Å². The second-order valence-corrected chi connectivity index (χ2v) is 5.09. The molecule has 1 aliphatic heterocycles. The Morgan fingerprint density at radius 3 is 2.85 bits per heavy atom. The van der Waals surface area contributed by atoms with Crippen LogP contribution in [0.2, 0.25) is 0 Å². The van der Waals surface area contributed by atoms with Gasteiger partial charge in [0.05, 0.1) is 11.9 Å². The minimum Gasteiger partial charge on any atom is -0.314 e. The first-order valence-corrected chi connectivity index (χ1v) is 6.84. The normalized spacial score (nSPS) is 16.5. The smallest absolute Gasteiger partial charge is 0.149 e. The molecule has 2 aromatic rings. The van der Waals surface area contributed by atoms with Gasteiger partial charge in [-0.15, -0.1) is 5.10 Å². The van der Waals surface area contributed by atoms with Crippen LogP contribution in [0.5, 0.6) is 0 Å². The highest BCUT2D eigenvalue weighted by molar-refractivity contribution is 5.40. The van der Waals surface area contributed by atoms with E-state index in [9.17, 15) is 4.39 Å².